The molecule has 3 rings (SSSR count). The molecule has 3 aromatic rings. The molecule has 0 aliphatic carbocycles. The Balaban J connectivity index is 1.57. The van der Waals surface area contributed by atoms with E-state index in [9.17, 15) is 14.9 Å². The molecule has 9 heteroatoms. The van der Waals surface area contributed by atoms with E-state index in [1.807, 2.05) is 12.1 Å². The highest BCUT2D eigenvalue weighted by Gasteiger charge is 2.12. The molecular weight excluding hydrogens is 366 g/mol. The fourth-order valence-corrected chi connectivity index (χ4v) is 2.24. The van der Waals surface area contributed by atoms with E-state index in [1.54, 1.807) is 25.3 Å². The molecule has 0 unspecified atom stereocenters. The minimum atomic E-state index is -0.571. The Bertz CT molecular complexity index is 1010. The Kier molecular flexibility index (Phi) is 5.75. The van der Waals surface area contributed by atoms with Gasteiger partial charge in [0.25, 0.3) is 11.6 Å². The molecule has 0 saturated carbocycles. The topological polar surface area (TPSA) is 118 Å². The van der Waals surface area contributed by atoms with Crippen LogP contribution in [0.3, 0.4) is 0 Å². The molecule has 0 amide bonds. The lowest BCUT2D eigenvalue weighted by atomic mass is 10.2. The summed E-state index contributed by atoms with van der Waals surface area (Å²) in [5, 5.41) is 18.3. The lowest BCUT2D eigenvalue weighted by Crippen LogP contribution is -2.00. The Morgan fingerprint density at radius 3 is 2.71 bits per heavy atom. The van der Waals surface area contributed by atoms with Gasteiger partial charge in [-0.25, -0.2) is 4.79 Å². The van der Waals surface area contributed by atoms with Crippen LogP contribution in [0.5, 0.6) is 5.75 Å². The van der Waals surface area contributed by atoms with Gasteiger partial charge in [-0.1, -0.05) is 12.1 Å². The largest absolute Gasteiger partial charge is 0.497 e. The molecule has 0 saturated heterocycles. The minimum absolute atomic E-state index is 0.0414. The van der Waals surface area contributed by atoms with Gasteiger partial charge in [0.15, 0.2) is 6.61 Å². The van der Waals surface area contributed by atoms with Crippen molar-refractivity contribution >= 4 is 17.7 Å². The van der Waals surface area contributed by atoms with Crippen molar-refractivity contribution in [2.45, 2.75) is 6.61 Å². The summed E-state index contributed by atoms with van der Waals surface area (Å²) in [5.74, 6) is 0.391. The lowest BCUT2D eigenvalue weighted by Gasteiger charge is -2.00. The van der Waals surface area contributed by atoms with Crippen LogP contribution in [-0.2, 0) is 16.1 Å². The fraction of sp³-hybridized carbons (Fsp3) is 0.105. The lowest BCUT2D eigenvalue weighted by molar-refractivity contribution is -0.384. The van der Waals surface area contributed by atoms with E-state index in [1.165, 1.54) is 30.3 Å². The van der Waals surface area contributed by atoms with Crippen LogP contribution < -0.4 is 4.74 Å². The number of methoxy groups -OCH3 is 1. The first-order valence-electron chi connectivity index (χ1n) is 8.11. The molecule has 0 spiro atoms. The van der Waals surface area contributed by atoms with Gasteiger partial charge in [0.2, 0.25) is 5.89 Å². The van der Waals surface area contributed by atoms with Crippen LogP contribution in [0.2, 0.25) is 0 Å². The average molecular weight is 381 g/mol. The van der Waals surface area contributed by atoms with Crippen LogP contribution in [-0.4, -0.2) is 28.2 Å². The predicted octanol–water partition coefficient (Wildman–Crippen LogP) is 3.41. The number of nitro benzene ring substituents is 1. The van der Waals surface area contributed by atoms with Gasteiger partial charge >= 0.3 is 5.97 Å². The van der Waals surface area contributed by atoms with E-state index in [4.69, 9.17) is 13.9 Å². The summed E-state index contributed by atoms with van der Waals surface area (Å²) in [6.07, 6.45) is 2.88. The zero-order chi connectivity index (χ0) is 19.9. The first-order valence-corrected chi connectivity index (χ1v) is 8.11. The fourth-order valence-electron chi connectivity index (χ4n) is 2.24. The maximum Gasteiger partial charge on any atom is 0.331 e. The maximum absolute atomic E-state index is 11.8. The molecule has 28 heavy (non-hydrogen) atoms. The predicted molar refractivity (Wildman–Crippen MR) is 98.2 cm³/mol. The summed E-state index contributed by atoms with van der Waals surface area (Å²) in [7, 11) is 1.56. The summed E-state index contributed by atoms with van der Waals surface area (Å²) < 4.78 is 15.6. The molecule has 0 aliphatic heterocycles. The second-order valence-electron chi connectivity index (χ2n) is 5.52. The molecule has 142 valence electrons. The van der Waals surface area contributed by atoms with Gasteiger partial charge in [-0.15, -0.1) is 10.2 Å². The van der Waals surface area contributed by atoms with E-state index in [0.29, 0.717) is 11.3 Å². The molecule has 0 atom stereocenters. The van der Waals surface area contributed by atoms with Crippen molar-refractivity contribution < 1.29 is 23.6 Å². The Hall–Kier alpha value is -4.01. The first-order chi connectivity index (χ1) is 13.5. The standard InChI is InChI=1S/C19H15N3O6/c1-26-16-4-2-3-13(11-16)5-10-18(23)27-12-17-20-21-19(28-17)14-6-8-15(9-7-14)22(24)25/h2-11H,12H2,1H3/b10-5+. The third kappa shape index (κ3) is 4.79. The second-order valence-corrected chi connectivity index (χ2v) is 5.52. The summed E-state index contributed by atoms with van der Waals surface area (Å²) >= 11 is 0. The van der Waals surface area contributed by atoms with Crippen LogP contribution in [0.1, 0.15) is 11.5 Å². The molecular formula is C19H15N3O6. The van der Waals surface area contributed by atoms with Gasteiger partial charge in [-0.2, -0.15) is 0 Å². The third-order valence-corrected chi connectivity index (χ3v) is 3.64. The highest BCUT2D eigenvalue weighted by atomic mass is 16.6. The third-order valence-electron chi connectivity index (χ3n) is 3.64. The average Bonchev–Trinajstić information content (AvgIpc) is 3.20. The number of benzene rings is 2. The van der Waals surface area contributed by atoms with E-state index in [2.05, 4.69) is 10.2 Å². The number of non-ortho nitro benzene ring substituents is 1. The molecule has 0 fully saturated rings. The number of ether oxygens (including phenoxy) is 2. The molecule has 0 aliphatic rings. The smallest absolute Gasteiger partial charge is 0.331 e. The van der Waals surface area contributed by atoms with Gasteiger partial charge in [0, 0.05) is 23.8 Å². The number of nitrogens with zero attached hydrogens (tertiary/aromatic N) is 3. The van der Waals surface area contributed by atoms with Gasteiger partial charge in [0.05, 0.1) is 12.0 Å². The van der Waals surface area contributed by atoms with Crippen molar-refractivity contribution in [3.05, 3.63) is 76.2 Å². The number of aromatic nitrogens is 2. The van der Waals surface area contributed by atoms with E-state index < -0.39 is 10.9 Å². The molecule has 0 N–H and O–H groups in total. The minimum Gasteiger partial charge on any atom is -0.497 e. The number of hydrogen-bond donors (Lipinski definition) is 0. The number of carbonyl (C=O) groups excluding carboxylic acids is 1. The van der Waals surface area contributed by atoms with Crippen molar-refractivity contribution in [3.8, 4) is 17.2 Å². The van der Waals surface area contributed by atoms with Crippen LogP contribution in [0, 0.1) is 10.1 Å². The van der Waals surface area contributed by atoms with Crippen molar-refractivity contribution in [2.24, 2.45) is 0 Å². The van der Waals surface area contributed by atoms with Crippen LogP contribution in [0.25, 0.3) is 17.5 Å². The Morgan fingerprint density at radius 2 is 2.00 bits per heavy atom. The van der Waals surface area contributed by atoms with E-state index >= 15 is 0 Å². The number of nitro groups is 1. The summed E-state index contributed by atoms with van der Waals surface area (Å²) in [5.41, 5.74) is 1.27. The van der Waals surface area contributed by atoms with E-state index in [0.717, 1.165) is 5.56 Å². The Morgan fingerprint density at radius 1 is 1.21 bits per heavy atom. The maximum atomic E-state index is 11.8. The molecule has 1 heterocycles. The molecule has 2 aromatic carbocycles. The highest BCUT2D eigenvalue weighted by molar-refractivity contribution is 5.87. The van der Waals surface area contributed by atoms with Crippen molar-refractivity contribution in [1.29, 1.82) is 0 Å². The highest BCUT2D eigenvalue weighted by Crippen LogP contribution is 2.21. The monoisotopic (exact) mass is 381 g/mol. The number of carbonyl (C=O) groups is 1. The second kappa shape index (κ2) is 8.58. The molecule has 0 radical (unpaired) electrons. The molecule has 1 aromatic heterocycles. The van der Waals surface area contributed by atoms with Gasteiger partial charge in [-0.05, 0) is 35.9 Å². The number of rotatable bonds is 7. The zero-order valence-corrected chi connectivity index (χ0v) is 14.8. The number of esters is 1. The quantitative estimate of drug-likeness (QED) is 0.264. The summed E-state index contributed by atoms with van der Waals surface area (Å²) in [4.78, 5) is 22.0. The van der Waals surface area contributed by atoms with Crippen molar-refractivity contribution in [1.82, 2.24) is 10.2 Å². The van der Waals surface area contributed by atoms with Gasteiger partial charge < -0.3 is 13.9 Å². The van der Waals surface area contributed by atoms with Gasteiger partial charge in [0.1, 0.15) is 5.75 Å². The first kappa shape index (κ1) is 18.8. The van der Waals surface area contributed by atoms with Crippen LogP contribution in [0.4, 0.5) is 5.69 Å². The van der Waals surface area contributed by atoms with Crippen LogP contribution >= 0.6 is 0 Å². The number of hydrogen-bond acceptors (Lipinski definition) is 8. The van der Waals surface area contributed by atoms with Crippen LogP contribution in [0.15, 0.2) is 59.0 Å². The van der Waals surface area contributed by atoms with Gasteiger partial charge in [-0.3, -0.25) is 10.1 Å². The van der Waals surface area contributed by atoms with Crippen molar-refractivity contribution in [3.63, 3.8) is 0 Å². The Labute approximate surface area is 159 Å². The molecule has 0 bridgehead atoms. The van der Waals surface area contributed by atoms with E-state index in [-0.39, 0.29) is 24.1 Å². The normalized spacial score (nSPS) is 10.8. The zero-order valence-electron chi connectivity index (χ0n) is 14.8. The van der Waals surface area contributed by atoms with Crippen molar-refractivity contribution in [2.75, 3.05) is 7.11 Å². The molecule has 9 nitrogen and oxygen atoms in total. The SMILES string of the molecule is COc1cccc(/C=C/C(=O)OCc2nnc(-c3ccc([N+](=O)[O-])cc3)o2)c1. The summed E-state index contributed by atoms with van der Waals surface area (Å²) in [6, 6.07) is 12.9. The summed E-state index contributed by atoms with van der Waals surface area (Å²) in [6.45, 7) is -0.193.